The van der Waals surface area contributed by atoms with Crippen LogP contribution in [0.2, 0.25) is 0 Å². The lowest BCUT2D eigenvalue weighted by Crippen LogP contribution is -2.43. The number of anilines is 2. The lowest BCUT2D eigenvalue weighted by Gasteiger charge is -2.28. The Labute approximate surface area is 189 Å². The summed E-state index contributed by atoms with van der Waals surface area (Å²) in [6.45, 7) is 5.66. The molecule has 5 rings (SSSR count). The van der Waals surface area contributed by atoms with Gasteiger partial charge in [-0.3, -0.25) is 4.79 Å². The summed E-state index contributed by atoms with van der Waals surface area (Å²) in [7, 11) is 0. The number of benzene rings is 1. The number of hydrogen-bond donors (Lipinski definition) is 1. The van der Waals surface area contributed by atoms with Crippen LogP contribution in [0.4, 0.5) is 29.5 Å². The Bertz CT molecular complexity index is 1140. The van der Waals surface area contributed by atoms with Crippen molar-refractivity contribution in [1.29, 1.82) is 0 Å². The Morgan fingerprint density at radius 3 is 2.39 bits per heavy atom. The molecule has 1 N–H and O–H groups in total. The number of fused-ring (bicyclic) bond motifs is 1. The maximum absolute atomic E-state index is 13.5. The zero-order valence-electron chi connectivity index (χ0n) is 18.7. The van der Waals surface area contributed by atoms with Crippen LogP contribution in [0.5, 0.6) is 0 Å². The van der Waals surface area contributed by atoms with Crippen LogP contribution in [0.3, 0.4) is 0 Å². The fourth-order valence-corrected chi connectivity index (χ4v) is 4.91. The van der Waals surface area contributed by atoms with E-state index in [0.29, 0.717) is 0 Å². The summed E-state index contributed by atoms with van der Waals surface area (Å²) in [6.07, 6.45) is -1.74. The van der Waals surface area contributed by atoms with E-state index in [-0.39, 0.29) is 36.7 Å². The minimum Gasteiger partial charge on any atom is -0.367 e. The lowest BCUT2D eigenvalue weighted by atomic mass is 9.95. The van der Waals surface area contributed by atoms with Crippen LogP contribution in [0.25, 0.3) is 0 Å². The molecule has 3 amide bonds. The SMILES string of the molecule is CC1Cc2c(CN3C(=O)N(c4ccc(C5(C(F)(F)F)CC5)cc4)C(=O)C3(C)C)ccnc2N1. The Kier molecular flexibility index (Phi) is 4.58. The number of pyridine rings is 1. The third-order valence-corrected chi connectivity index (χ3v) is 7.17. The van der Waals surface area contributed by atoms with Gasteiger partial charge in [-0.25, -0.2) is 14.7 Å². The van der Waals surface area contributed by atoms with Crippen LogP contribution in [-0.4, -0.2) is 39.6 Å². The Morgan fingerprint density at radius 2 is 1.79 bits per heavy atom. The number of urea groups is 1. The molecule has 1 aliphatic carbocycles. The topological polar surface area (TPSA) is 65.5 Å². The zero-order chi connectivity index (χ0) is 23.8. The van der Waals surface area contributed by atoms with Crippen molar-refractivity contribution in [3.63, 3.8) is 0 Å². The van der Waals surface area contributed by atoms with Gasteiger partial charge in [-0.1, -0.05) is 12.1 Å². The van der Waals surface area contributed by atoms with Crippen LogP contribution in [0, 0.1) is 0 Å². The van der Waals surface area contributed by atoms with Crippen molar-refractivity contribution in [1.82, 2.24) is 9.88 Å². The average Bonchev–Trinajstić information content (AvgIpc) is 3.45. The second kappa shape index (κ2) is 6.95. The summed E-state index contributed by atoms with van der Waals surface area (Å²) in [5.41, 5.74) is -0.508. The Balaban J connectivity index is 1.43. The predicted octanol–water partition coefficient (Wildman–Crippen LogP) is 4.78. The molecule has 0 radical (unpaired) electrons. The number of carbonyl (C=O) groups excluding carboxylic acids is 2. The first kappa shape index (κ1) is 21.7. The fraction of sp³-hybridized carbons (Fsp3) is 0.458. The molecule has 1 atom stereocenters. The van der Waals surface area contributed by atoms with E-state index in [4.69, 9.17) is 0 Å². The lowest BCUT2D eigenvalue weighted by molar-refractivity contribution is -0.160. The number of carbonyl (C=O) groups is 2. The van der Waals surface area contributed by atoms with Crippen molar-refractivity contribution in [3.8, 4) is 0 Å². The summed E-state index contributed by atoms with van der Waals surface area (Å²) >= 11 is 0. The smallest absolute Gasteiger partial charge is 0.367 e. The number of nitrogens with one attached hydrogen (secondary N) is 1. The highest BCUT2D eigenvalue weighted by molar-refractivity contribution is 6.22. The first-order valence-electron chi connectivity index (χ1n) is 11.0. The summed E-state index contributed by atoms with van der Waals surface area (Å²) < 4.78 is 40.4. The number of aromatic nitrogens is 1. The quantitative estimate of drug-likeness (QED) is 0.670. The summed E-state index contributed by atoms with van der Waals surface area (Å²) in [4.78, 5) is 33.5. The van der Waals surface area contributed by atoms with E-state index in [1.165, 1.54) is 29.2 Å². The van der Waals surface area contributed by atoms with Crippen molar-refractivity contribution < 1.29 is 22.8 Å². The Morgan fingerprint density at radius 1 is 1.12 bits per heavy atom. The molecular formula is C24H25F3N4O2. The van der Waals surface area contributed by atoms with E-state index in [9.17, 15) is 22.8 Å². The first-order chi connectivity index (χ1) is 15.5. The van der Waals surface area contributed by atoms with Gasteiger partial charge in [0, 0.05) is 24.3 Å². The summed E-state index contributed by atoms with van der Waals surface area (Å²) in [5.74, 6) is 0.385. The molecule has 1 saturated heterocycles. The number of alkyl halides is 3. The maximum atomic E-state index is 13.5. The van der Waals surface area contributed by atoms with Gasteiger partial charge in [0.15, 0.2) is 0 Å². The van der Waals surface area contributed by atoms with Crippen molar-refractivity contribution in [2.24, 2.45) is 0 Å². The molecule has 1 aromatic carbocycles. The highest BCUT2D eigenvalue weighted by Crippen LogP contribution is 2.59. The normalized spacial score (nSPS) is 23.0. The van der Waals surface area contributed by atoms with E-state index >= 15 is 0 Å². The van der Waals surface area contributed by atoms with E-state index in [2.05, 4.69) is 17.2 Å². The van der Waals surface area contributed by atoms with Gasteiger partial charge in [0.2, 0.25) is 0 Å². The van der Waals surface area contributed by atoms with Gasteiger partial charge >= 0.3 is 12.2 Å². The number of rotatable bonds is 4. The van der Waals surface area contributed by atoms with Crippen LogP contribution in [0.15, 0.2) is 36.5 Å². The molecule has 9 heteroatoms. The molecule has 2 aliphatic heterocycles. The van der Waals surface area contributed by atoms with Gasteiger partial charge in [-0.2, -0.15) is 13.2 Å². The zero-order valence-corrected chi connectivity index (χ0v) is 18.7. The van der Waals surface area contributed by atoms with Crippen LogP contribution < -0.4 is 10.2 Å². The van der Waals surface area contributed by atoms with Gasteiger partial charge in [0.1, 0.15) is 11.4 Å². The molecule has 3 heterocycles. The van der Waals surface area contributed by atoms with Gasteiger partial charge in [0.25, 0.3) is 5.91 Å². The summed E-state index contributed by atoms with van der Waals surface area (Å²) in [6, 6.07) is 7.25. The molecule has 1 unspecified atom stereocenters. The first-order valence-corrected chi connectivity index (χ1v) is 11.0. The maximum Gasteiger partial charge on any atom is 0.398 e. The summed E-state index contributed by atoms with van der Waals surface area (Å²) in [5, 5.41) is 3.30. The number of amides is 3. The number of nitrogens with zero attached hydrogens (tertiary/aromatic N) is 3. The molecule has 174 valence electrons. The van der Waals surface area contributed by atoms with E-state index in [1.807, 2.05) is 6.07 Å². The molecule has 33 heavy (non-hydrogen) atoms. The number of halogens is 3. The highest BCUT2D eigenvalue weighted by atomic mass is 19.4. The van der Waals surface area contributed by atoms with E-state index in [1.54, 1.807) is 20.0 Å². The van der Waals surface area contributed by atoms with E-state index in [0.717, 1.165) is 28.3 Å². The Hall–Kier alpha value is -3.10. The average molecular weight is 458 g/mol. The molecule has 0 bridgehead atoms. The largest absolute Gasteiger partial charge is 0.398 e. The number of hydrogen-bond acceptors (Lipinski definition) is 4. The second-order valence-electron chi connectivity index (χ2n) is 9.74. The molecule has 1 saturated carbocycles. The van der Waals surface area contributed by atoms with Gasteiger partial charge in [-0.05, 0) is 69.4 Å². The van der Waals surface area contributed by atoms with Gasteiger partial charge < -0.3 is 10.2 Å². The molecule has 2 aromatic rings. The monoisotopic (exact) mass is 458 g/mol. The van der Waals surface area contributed by atoms with Crippen LogP contribution in [-0.2, 0) is 23.2 Å². The van der Waals surface area contributed by atoms with Crippen molar-refractivity contribution in [2.45, 2.75) is 69.8 Å². The van der Waals surface area contributed by atoms with Crippen LogP contribution in [0.1, 0.15) is 50.3 Å². The van der Waals surface area contributed by atoms with Crippen LogP contribution >= 0.6 is 0 Å². The fourth-order valence-electron chi connectivity index (χ4n) is 4.91. The van der Waals surface area contributed by atoms with Gasteiger partial charge in [-0.15, -0.1) is 0 Å². The number of imide groups is 1. The molecule has 2 fully saturated rings. The molecule has 0 spiro atoms. The molecule has 3 aliphatic rings. The van der Waals surface area contributed by atoms with E-state index < -0.39 is 29.1 Å². The molecule has 6 nitrogen and oxygen atoms in total. The second-order valence-corrected chi connectivity index (χ2v) is 9.74. The standard InChI is InChI=1S/C24H25F3N4O2/c1-14-12-18-15(8-11-28-19(18)29-14)13-30-21(33)31(20(32)22(30,2)3)17-6-4-16(5-7-17)23(9-10-23)24(25,26)27/h4-8,11,14H,9-10,12-13H2,1-3H3,(H,28,29). The van der Waals surface area contributed by atoms with Crippen molar-refractivity contribution in [3.05, 3.63) is 53.2 Å². The molecule has 1 aromatic heterocycles. The minimum atomic E-state index is -4.32. The van der Waals surface area contributed by atoms with Crippen molar-refractivity contribution in [2.75, 3.05) is 10.2 Å². The highest BCUT2D eigenvalue weighted by Gasteiger charge is 2.64. The molecular weight excluding hydrogens is 433 g/mol. The third-order valence-electron chi connectivity index (χ3n) is 7.17. The van der Waals surface area contributed by atoms with Crippen molar-refractivity contribution >= 4 is 23.4 Å². The predicted molar refractivity (Wildman–Crippen MR) is 117 cm³/mol. The van der Waals surface area contributed by atoms with Gasteiger partial charge in [0.05, 0.1) is 11.1 Å². The third kappa shape index (κ3) is 3.20. The minimum absolute atomic E-state index is 0.0575.